The first-order valence-corrected chi connectivity index (χ1v) is 3.36. The average Bonchev–Trinajstić information content (AvgIpc) is 1.87. The van der Waals surface area contributed by atoms with E-state index in [-0.39, 0.29) is 6.39 Å². The first-order chi connectivity index (χ1) is 4.22. The third-order valence-electron chi connectivity index (χ3n) is 1.42. The molecule has 0 aliphatic rings. The molecule has 0 nitrogen and oxygen atoms in total. The monoisotopic (exact) mass is 110 g/mol. The van der Waals surface area contributed by atoms with Gasteiger partial charge in [0.2, 0.25) is 0 Å². The largest absolute Gasteiger partial charge is 0.101 e. The Bertz CT molecular complexity index is 65.3. The summed E-state index contributed by atoms with van der Waals surface area (Å²) < 4.78 is 0. The van der Waals surface area contributed by atoms with E-state index >= 15 is 0 Å². The summed E-state index contributed by atoms with van der Waals surface area (Å²) in [6.07, 6.45) is 1.14. The Balaban J connectivity index is 3.32. The van der Waals surface area contributed by atoms with E-state index in [0.29, 0.717) is 6.49 Å². The van der Waals surface area contributed by atoms with Gasteiger partial charge < -0.3 is 0 Å². The van der Waals surface area contributed by atoms with Crippen LogP contribution in [0.5, 0.6) is 0 Å². The van der Waals surface area contributed by atoms with E-state index < -0.39 is 0 Å². The van der Waals surface area contributed by atoms with Gasteiger partial charge in [0.1, 0.15) is 0 Å². The van der Waals surface area contributed by atoms with Gasteiger partial charge in [0.05, 0.1) is 7.17 Å². The van der Waals surface area contributed by atoms with Crippen LogP contribution in [0.25, 0.3) is 0 Å². The maximum Gasteiger partial charge on any atom is 0.0548 e. The van der Waals surface area contributed by atoms with Crippen molar-refractivity contribution < 1.29 is 0 Å². The lowest BCUT2D eigenvalue weighted by molar-refractivity contribution is 1.47. The molecule has 38 valence electrons. The van der Waals surface area contributed by atoms with Crippen molar-refractivity contribution in [1.29, 1.82) is 0 Å². The van der Waals surface area contributed by atoms with E-state index in [1.54, 1.807) is 7.06 Å². The molecule has 6 radical (unpaired) electrons. The predicted molar refractivity (Wildman–Crippen MR) is 50.9 cm³/mol. The third-order valence-corrected chi connectivity index (χ3v) is 1.42. The van der Waals surface area contributed by atoms with Gasteiger partial charge in [-0.15, -0.1) is 6.82 Å². The normalized spacial score (nSPS) is 8.22. The zero-order valence-electron chi connectivity index (χ0n) is 6.17. The summed E-state index contributed by atoms with van der Waals surface area (Å²) in [7, 11) is 14.6. The van der Waals surface area contributed by atoms with Crippen molar-refractivity contribution >= 4 is 42.6 Å². The van der Waals surface area contributed by atoms with E-state index in [2.05, 4.69) is 14.1 Å². The van der Waals surface area contributed by atoms with Crippen LogP contribution >= 0.6 is 0 Å². The van der Waals surface area contributed by atoms with Crippen LogP contribution in [-0.4, -0.2) is 42.6 Å². The Hall–Kier alpha value is 0.390. The van der Waals surface area contributed by atoms with Crippen LogP contribution in [0.3, 0.4) is 0 Å². The molecule has 0 N–H and O–H groups in total. The molecule has 0 aliphatic heterocycles. The summed E-state index contributed by atoms with van der Waals surface area (Å²) in [6, 6.07) is 0. The summed E-state index contributed by atoms with van der Waals surface area (Å²) in [6.45, 7) is 4.38. The van der Waals surface area contributed by atoms with Crippen LogP contribution in [0, 0.1) is 0 Å². The van der Waals surface area contributed by atoms with Crippen LogP contribution in [-0.2, 0) is 0 Å². The fraction of sp³-hybridized carbons (Fsp3) is 1.00. The molecule has 0 unspecified atom stereocenters. The minimum Gasteiger partial charge on any atom is -0.101 e. The molecule has 0 heterocycles. The second-order valence-corrected chi connectivity index (χ2v) is 2.27. The van der Waals surface area contributed by atoms with Crippen molar-refractivity contribution in [3.8, 4) is 0 Å². The molecule has 0 saturated carbocycles. The molecule has 0 aromatic carbocycles. The predicted octanol–water partition coefficient (Wildman–Crippen LogP) is -0.727. The summed E-state index contributed by atoms with van der Waals surface area (Å²) in [4.78, 5) is 0. The van der Waals surface area contributed by atoms with Crippen molar-refractivity contribution in [2.75, 3.05) is 0 Å². The lowest BCUT2D eigenvalue weighted by Gasteiger charge is -2.10. The SMILES string of the molecule is [B][B]B(C)B([B])[B]CC. The molecule has 0 spiro atoms. The number of hydrogen-bond donors (Lipinski definition) is 0. The lowest BCUT2D eigenvalue weighted by Crippen LogP contribution is -2.44. The van der Waals surface area contributed by atoms with Gasteiger partial charge in [-0.05, 0) is 0 Å². The van der Waals surface area contributed by atoms with Crippen molar-refractivity contribution in [2.45, 2.75) is 20.1 Å². The van der Waals surface area contributed by atoms with Gasteiger partial charge in [-0.2, -0.15) is 0 Å². The molecule has 0 aromatic rings. The van der Waals surface area contributed by atoms with E-state index in [9.17, 15) is 0 Å². The number of rotatable bonds is 4. The summed E-state index contributed by atoms with van der Waals surface area (Å²) in [5.41, 5.74) is 0. The maximum absolute atomic E-state index is 5.67. The molecular formula is C3H8B6. The van der Waals surface area contributed by atoms with Gasteiger partial charge in [-0.25, -0.2) is 0 Å². The van der Waals surface area contributed by atoms with E-state index in [1.165, 1.54) is 0 Å². The first kappa shape index (κ1) is 9.39. The fourth-order valence-corrected chi connectivity index (χ4v) is 0.615. The Morgan fingerprint density at radius 2 is 2.11 bits per heavy atom. The van der Waals surface area contributed by atoms with Crippen LogP contribution in [0.4, 0.5) is 0 Å². The minimum absolute atomic E-state index is 0.125. The summed E-state index contributed by atoms with van der Waals surface area (Å²) in [5.74, 6) is 0. The fourth-order valence-electron chi connectivity index (χ4n) is 0.615. The topological polar surface area (TPSA) is 0 Å². The van der Waals surface area contributed by atoms with Crippen LogP contribution in [0.2, 0.25) is 13.1 Å². The molecule has 0 fully saturated rings. The van der Waals surface area contributed by atoms with Gasteiger partial charge >= 0.3 is 0 Å². The molecule has 0 aliphatic carbocycles. The van der Waals surface area contributed by atoms with Gasteiger partial charge in [0.15, 0.2) is 0 Å². The van der Waals surface area contributed by atoms with Gasteiger partial charge in [0.25, 0.3) is 0 Å². The highest BCUT2D eigenvalue weighted by atomic mass is 13.3. The highest BCUT2D eigenvalue weighted by molar-refractivity contribution is 7.74. The smallest absolute Gasteiger partial charge is 0.0548 e. The molecule has 0 saturated heterocycles. The van der Waals surface area contributed by atoms with E-state index in [0.717, 1.165) is 6.32 Å². The Morgan fingerprint density at radius 1 is 1.56 bits per heavy atom. The molecule has 9 heavy (non-hydrogen) atoms. The van der Waals surface area contributed by atoms with Gasteiger partial charge in [0, 0.05) is 35.4 Å². The second-order valence-electron chi connectivity index (χ2n) is 2.27. The van der Waals surface area contributed by atoms with Crippen molar-refractivity contribution in [1.82, 2.24) is 0 Å². The Morgan fingerprint density at radius 3 is 2.44 bits per heavy atom. The van der Waals surface area contributed by atoms with Crippen LogP contribution in [0.15, 0.2) is 0 Å². The third kappa shape index (κ3) is 3.89. The molecule has 0 bridgehead atoms. The molecule has 0 atom stereocenters. The van der Waals surface area contributed by atoms with Gasteiger partial charge in [-0.1, -0.05) is 13.2 Å². The lowest BCUT2D eigenvalue weighted by atomic mass is 8.79. The van der Waals surface area contributed by atoms with Crippen molar-refractivity contribution in [3.63, 3.8) is 0 Å². The minimum atomic E-state index is 0.125. The average molecular weight is 109 g/mol. The summed E-state index contributed by atoms with van der Waals surface area (Å²) in [5, 5.41) is 0. The Kier molecular flexibility index (Phi) is 5.42. The maximum atomic E-state index is 5.67. The second kappa shape index (κ2) is 5.20. The van der Waals surface area contributed by atoms with Crippen LogP contribution in [0.1, 0.15) is 6.92 Å². The molecule has 0 aromatic heterocycles. The molecular weight excluding hydrogens is 101 g/mol. The van der Waals surface area contributed by atoms with E-state index in [1.807, 2.05) is 6.82 Å². The van der Waals surface area contributed by atoms with E-state index in [4.69, 9.17) is 15.5 Å². The zero-order valence-corrected chi connectivity index (χ0v) is 6.17. The van der Waals surface area contributed by atoms with Crippen molar-refractivity contribution in [2.24, 2.45) is 0 Å². The first-order valence-electron chi connectivity index (χ1n) is 3.36. The number of hydrogen-bond acceptors (Lipinski definition) is 0. The molecule has 0 rings (SSSR count). The highest BCUT2D eigenvalue weighted by Gasteiger charge is 2.13. The molecule has 6 heteroatoms. The molecule has 0 amide bonds. The van der Waals surface area contributed by atoms with Gasteiger partial charge in [-0.3, -0.25) is 0 Å². The van der Waals surface area contributed by atoms with Crippen molar-refractivity contribution in [3.05, 3.63) is 0 Å². The quantitative estimate of drug-likeness (QED) is 0.417. The van der Waals surface area contributed by atoms with Crippen LogP contribution < -0.4 is 0 Å². The summed E-state index contributed by atoms with van der Waals surface area (Å²) >= 11 is 0. The standard InChI is InChI=1S/C3H8B6/c1-3-6-9(5)8(2)7-4/h3H2,1-2H3. The Labute approximate surface area is 63.3 Å². The zero-order chi connectivity index (χ0) is 7.28. The highest BCUT2D eigenvalue weighted by Crippen LogP contribution is 1.84.